The molecule has 2 aliphatic heterocycles. The molecule has 4 aromatic heterocycles. The minimum atomic E-state index is -0.552. The molecule has 2 atom stereocenters. The molecule has 10 nitrogen and oxygen atoms in total. The zero-order valence-electron chi connectivity index (χ0n) is 24.2. The van der Waals surface area contributed by atoms with Gasteiger partial charge in [0.1, 0.15) is 22.9 Å². The maximum absolute atomic E-state index is 14.0. The fraction of sp³-hybridized carbons (Fsp3) is 0.452. The number of carbonyl (C=O) groups is 1. The van der Waals surface area contributed by atoms with Crippen molar-refractivity contribution in [2.45, 2.75) is 70.7 Å². The molecular weight excluding hydrogens is 537 g/mol. The molecule has 2 fully saturated rings. The van der Waals surface area contributed by atoms with Crippen molar-refractivity contribution in [2.75, 3.05) is 24.6 Å². The first kappa shape index (κ1) is 28.0. The summed E-state index contributed by atoms with van der Waals surface area (Å²) < 4.78 is 27.4. The van der Waals surface area contributed by atoms with Crippen LogP contribution in [0, 0.1) is 5.82 Å². The number of nitrogens with one attached hydrogen (secondary N) is 1. The SMILES string of the molecule is CC(C)(C)OC(=O)N[C@H]1CCCN(c2cccc(-c3nn(C4CCCCO4)c4cnc(-c5cncc(F)c5)cc34)n2)C1. The number of piperidine rings is 1. The zero-order chi connectivity index (χ0) is 29.3. The predicted molar refractivity (Wildman–Crippen MR) is 157 cm³/mol. The largest absolute Gasteiger partial charge is 0.444 e. The fourth-order valence-electron chi connectivity index (χ4n) is 5.58. The van der Waals surface area contributed by atoms with E-state index in [-0.39, 0.29) is 12.3 Å². The Morgan fingerprint density at radius 1 is 1.10 bits per heavy atom. The summed E-state index contributed by atoms with van der Waals surface area (Å²) in [6.07, 6.45) is 8.68. The summed E-state index contributed by atoms with van der Waals surface area (Å²) in [7, 11) is 0. The van der Waals surface area contributed by atoms with E-state index < -0.39 is 17.5 Å². The first-order valence-corrected chi connectivity index (χ1v) is 14.6. The Balaban J connectivity index is 1.33. The van der Waals surface area contributed by atoms with Crippen molar-refractivity contribution in [3.8, 4) is 22.6 Å². The van der Waals surface area contributed by atoms with E-state index >= 15 is 0 Å². The molecule has 2 saturated heterocycles. The highest BCUT2D eigenvalue weighted by Crippen LogP contribution is 2.34. The third kappa shape index (κ3) is 6.20. The Morgan fingerprint density at radius 3 is 2.76 bits per heavy atom. The molecule has 0 radical (unpaired) electrons. The molecule has 0 saturated carbocycles. The van der Waals surface area contributed by atoms with E-state index in [4.69, 9.17) is 19.6 Å². The first-order valence-electron chi connectivity index (χ1n) is 14.6. The lowest BCUT2D eigenvalue weighted by Gasteiger charge is -2.34. The van der Waals surface area contributed by atoms with Gasteiger partial charge < -0.3 is 19.7 Å². The molecule has 42 heavy (non-hydrogen) atoms. The topological polar surface area (TPSA) is 107 Å². The van der Waals surface area contributed by atoms with Crippen LogP contribution in [0.3, 0.4) is 0 Å². The summed E-state index contributed by atoms with van der Waals surface area (Å²) in [5.41, 5.74) is 2.88. The van der Waals surface area contributed by atoms with Gasteiger partial charge in [0, 0.05) is 42.9 Å². The number of aromatic nitrogens is 5. The van der Waals surface area contributed by atoms with Gasteiger partial charge in [-0.25, -0.2) is 18.9 Å². The van der Waals surface area contributed by atoms with Crippen molar-refractivity contribution in [2.24, 2.45) is 0 Å². The molecule has 6 rings (SSSR count). The number of ether oxygens (including phenoxy) is 2. The molecule has 1 N–H and O–H groups in total. The van der Waals surface area contributed by atoms with Gasteiger partial charge in [-0.1, -0.05) is 6.07 Å². The summed E-state index contributed by atoms with van der Waals surface area (Å²) in [4.78, 5) is 28.2. The van der Waals surface area contributed by atoms with Gasteiger partial charge in [0.25, 0.3) is 0 Å². The van der Waals surface area contributed by atoms with E-state index in [1.165, 1.54) is 12.3 Å². The first-order chi connectivity index (χ1) is 20.2. The van der Waals surface area contributed by atoms with Gasteiger partial charge in [-0.05, 0) is 77.1 Å². The van der Waals surface area contributed by atoms with Crippen molar-refractivity contribution in [1.29, 1.82) is 0 Å². The standard InChI is InChI=1S/C31H36FN7O3/c1-31(2,3)42-30(40)35-22-8-7-12-38(19-22)27-10-6-9-24(36-27)29-23-15-25(20-14-21(32)17-33-16-20)34-18-26(23)39(37-29)28-11-4-5-13-41-28/h6,9-10,14-18,22,28H,4-5,7-8,11-13,19H2,1-3H3,(H,35,40)/t22-,28?/m0/s1. The highest BCUT2D eigenvalue weighted by atomic mass is 19.1. The maximum atomic E-state index is 14.0. The second-order valence-corrected chi connectivity index (χ2v) is 11.9. The number of nitrogens with zero attached hydrogens (tertiary/aromatic N) is 6. The lowest BCUT2D eigenvalue weighted by atomic mass is 10.1. The van der Waals surface area contributed by atoms with Crippen LogP contribution in [0.4, 0.5) is 15.0 Å². The summed E-state index contributed by atoms with van der Waals surface area (Å²) in [5.74, 6) is 0.389. The van der Waals surface area contributed by atoms with Crippen molar-refractivity contribution >= 4 is 22.8 Å². The minimum Gasteiger partial charge on any atom is -0.444 e. The summed E-state index contributed by atoms with van der Waals surface area (Å²) in [6, 6.07) is 9.20. The lowest BCUT2D eigenvalue weighted by Crippen LogP contribution is -2.49. The minimum absolute atomic E-state index is 0.0453. The number of anilines is 1. The fourth-order valence-corrected chi connectivity index (χ4v) is 5.58. The molecule has 1 unspecified atom stereocenters. The highest BCUT2D eigenvalue weighted by molar-refractivity contribution is 5.94. The predicted octanol–water partition coefficient (Wildman–Crippen LogP) is 5.89. The normalized spacial score (nSPS) is 19.6. The van der Waals surface area contributed by atoms with Gasteiger partial charge >= 0.3 is 6.09 Å². The van der Waals surface area contributed by atoms with Crippen molar-refractivity contribution < 1.29 is 18.7 Å². The Hall–Kier alpha value is -4.12. The van der Waals surface area contributed by atoms with Crippen LogP contribution >= 0.6 is 0 Å². The van der Waals surface area contributed by atoms with Crippen LogP contribution in [0.25, 0.3) is 33.5 Å². The summed E-state index contributed by atoms with van der Waals surface area (Å²) >= 11 is 0. The Labute approximate surface area is 244 Å². The van der Waals surface area contributed by atoms with Crippen LogP contribution in [0.5, 0.6) is 0 Å². The van der Waals surface area contributed by atoms with E-state index in [9.17, 15) is 9.18 Å². The Bertz CT molecular complexity index is 1580. The second-order valence-electron chi connectivity index (χ2n) is 11.9. The van der Waals surface area contributed by atoms with Gasteiger partial charge in [-0.3, -0.25) is 9.97 Å². The molecule has 6 heterocycles. The summed E-state index contributed by atoms with van der Waals surface area (Å²) in [6.45, 7) is 7.71. The zero-order valence-corrected chi connectivity index (χ0v) is 24.2. The maximum Gasteiger partial charge on any atom is 0.407 e. The van der Waals surface area contributed by atoms with Crippen molar-refractivity contribution in [3.05, 3.63) is 54.7 Å². The number of carbonyl (C=O) groups excluding carboxylic acids is 1. The van der Waals surface area contributed by atoms with E-state index in [2.05, 4.69) is 20.2 Å². The number of rotatable bonds is 5. The third-order valence-electron chi connectivity index (χ3n) is 7.46. The van der Waals surface area contributed by atoms with E-state index in [1.54, 1.807) is 12.4 Å². The molecule has 11 heteroatoms. The molecule has 0 aliphatic carbocycles. The van der Waals surface area contributed by atoms with Gasteiger partial charge in [-0.2, -0.15) is 5.10 Å². The average molecular weight is 574 g/mol. The van der Waals surface area contributed by atoms with Crippen LogP contribution < -0.4 is 10.2 Å². The third-order valence-corrected chi connectivity index (χ3v) is 7.46. The van der Waals surface area contributed by atoms with E-state index in [1.807, 2.05) is 49.7 Å². The Morgan fingerprint density at radius 2 is 1.98 bits per heavy atom. The molecule has 0 spiro atoms. The molecule has 4 aromatic rings. The monoisotopic (exact) mass is 573 g/mol. The molecule has 0 bridgehead atoms. The number of halogens is 1. The van der Waals surface area contributed by atoms with Crippen molar-refractivity contribution in [3.63, 3.8) is 0 Å². The van der Waals surface area contributed by atoms with E-state index in [0.717, 1.165) is 55.4 Å². The highest BCUT2D eigenvalue weighted by Gasteiger charge is 2.27. The van der Waals surface area contributed by atoms with Crippen molar-refractivity contribution in [1.82, 2.24) is 30.0 Å². The summed E-state index contributed by atoms with van der Waals surface area (Å²) in [5, 5.41) is 8.88. The number of alkyl carbamates (subject to hydrolysis) is 1. The lowest BCUT2D eigenvalue weighted by molar-refractivity contribution is -0.0365. The van der Waals surface area contributed by atoms with Crippen LogP contribution in [0.1, 0.15) is 59.1 Å². The molecule has 220 valence electrons. The average Bonchev–Trinajstić information content (AvgIpc) is 3.36. The van der Waals surface area contributed by atoms with Gasteiger partial charge in [-0.15, -0.1) is 0 Å². The van der Waals surface area contributed by atoms with Gasteiger partial charge in [0.2, 0.25) is 0 Å². The van der Waals surface area contributed by atoms with Gasteiger partial charge in [0.15, 0.2) is 6.23 Å². The van der Waals surface area contributed by atoms with Crippen LogP contribution in [-0.4, -0.2) is 62.2 Å². The van der Waals surface area contributed by atoms with Crippen LogP contribution in [0.15, 0.2) is 48.9 Å². The smallest absolute Gasteiger partial charge is 0.407 e. The van der Waals surface area contributed by atoms with Crippen LogP contribution in [-0.2, 0) is 9.47 Å². The number of hydrogen-bond donors (Lipinski definition) is 1. The molecule has 2 aliphatic rings. The number of fused-ring (bicyclic) bond motifs is 1. The van der Waals surface area contributed by atoms with Gasteiger partial charge in [0.05, 0.1) is 29.3 Å². The number of pyridine rings is 3. The van der Waals surface area contributed by atoms with Crippen LogP contribution in [0.2, 0.25) is 0 Å². The molecule has 1 amide bonds. The second kappa shape index (κ2) is 11.6. The Kier molecular flexibility index (Phi) is 7.76. The molecule has 0 aromatic carbocycles. The number of amides is 1. The van der Waals surface area contributed by atoms with E-state index in [0.29, 0.717) is 35.8 Å². The quantitative estimate of drug-likeness (QED) is 0.315. The number of hydrogen-bond acceptors (Lipinski definition) is 8. The molecular formula is C31H36FN7O3.